The lowest BCUT2D eigenvalue weighted by Gasteiger charge is -2.19. The summed E-state index contributed by atoms with van der Waals surface area (Å²) in [4.78, 5) is 25.4. The number of carbonyl (C=O) groups is 2. The van der Waals surface area contributed by atoms with E-state index in [4.69, 9.17) is 9.84 Å². The number of hydrogen-bond acceptors (Lipinski definition) is 4. The van der Waals surface area contributed by atoms with Crippen molar-refractivity contribution in [2.75, 3.05) is 26.2 Å². The van der Waals surface area contributed by atoms with Crippen LogP contribution in [-0.2, 0) is 4.79 Å². The second-order valence-electron chi connectivity index (χ2n) is 6.34. The molecule has 2 N–H and O–H groups in total. The van der Waals surface area contributed by atoms with Gasteiger partial charge in [-0.3, -0.25) is 14.5 Å². The molecule has 0 aliphatic carbocycles. The molecule has 1 saturated heterocycles. The van der Waals surface area contributed by atoms with Gasteiger partial charge in [-0.25, -0.2) is 0 Å². The SMILES string of the molecule is C=CCOc1cccc(C(=O)N[C@H]2CN(CC(=O)O)C[C@@H]2CCC)c1. The van der Waals surface area contributed by atoms with Crippen LogP contribution in [0.5, 0.6) is 5.75 Å². The molecule has 25 heavy (non-hydrogen) atoms. The first-order valence-electron chi connectivity index (χ1n) is 8.62. The molecule has 0 radical (unpaired) electrons. The zero-order valence-corrected chi connectivity index (χ0v) is 14.6. The van der Waals surface area contributed by atoms with Gasteiger partial charge in [-0.2, -0.15) is 0 Å². The van der Waals surface area contributed by atoms with E-state index in [1.54, 1.807) is 30.3 Å². The molecule has 0 bridgehead atoms. The minimum atomic E-state index is -0.839. The zero-order chi connectivity index (χ0) is 18.2. The molecule has 1 aromatic rings. The molecular formula is C19H26N2O4. The fraction of sp³-hybridized carbons (Fsp3) is 0.474. The molecule has 0 saturated carbocycles. The molecule has 1 heterocycles. The summed E-state index contributed by atoms with van der Waals surface area (Å²) in [6.45, 7) is 7.36. The summed E-state index contributed by atoms with van der Waals surface area (Å²) in [6.07, 6.45) is 3.62. The predicted octanol–water partition coefficient (Wildman–Crippen LogP) is 2.17. The predicted molar refractivity (Wildman–Crippen MR) is 95.9 cm³/mol. The van der Waals surface area contributed by atoms with Crippen LogP contribution in [0.15, 0.2) is 36.9 Å². The molecule has 2 atom stereocenters. The van der Waals surface area contributed by atoms with Crippen LogP contribution < -0.4 is 10.1 Å². The largest absolute Gasteiger partial charge is 0.490 e. The van der Waals surface area contributed by atoms with E-state index >= 15 is 0 Å². The Kier molecular flexibility index (Phi) is 7.01. The molecular weight excluding hydrogens is 320 g/mol. The van der Waals surface area contributed by atoms with E-state index < -0.39 is 5.97 Å². The Bertz CT molecular complexity index is 617. The van der Waals surface area contributed by atoms with Crippen LogP contribution in [0.2, 0.25) is 0 Å². The summed E-state index contributed by atoms with van der Waals surface area (Å²) in [5, 5.41) is 12.1. The molecule has 6 heteroatoms. The number of nitrogens with one attached hydrogen (secondary N) is 1. The van der Waals surface area contributed by atoms with Crippen LogP contribution >= 0.6 is 0 Å². The Labute approximate surface area is 148 Å². The fourth-order valence-electron chi connectivity index (χ4n) is 3.24. The molecule has 0 unspecified atom stereocenters. The Morgan fingerprint density at radius 1 is 1.44 bits per heavy atom. The van der Waals surface area contributed by atoms with E-state index in [0.29, 0.717) is 31.0 Å². The van der Waals surface area contributed by atoms with E-state index in [9.17, 15) is 9.59 Å². The van der Waals surface area contributed by atoms with Gasteiger partial charge in [-0.05, 0) is 30.5 Å². The highest BCUT2D eigenvalue weighted by Crippen LogP contribution is 2.22. The van der Waals surface area contributed by atoms with E-state index in [1.165, 1.54) is 0 Å². The average molecular weight is 346 g/mol. The van der Waals surface area contributed by atoms with Gasteiger partial charge in [0.2, 0.25) is 0 Å². The molecule has 1 aliphatic heterocycles. The number of likely N-dealkylation sites (tertiary alicyclic amines) is 1. The second-order valence-corrected chi connectivity index (χ2v) is 6.34. The third kappa shape index (κ3) is 5.60. The number of carbonyl (C=O) groups excluding carboxylic acids is 1. The second kappa shape index (κ2) is 9.22. The highest BCUT2D eigenvalue weighted by atomic mass is 16.5. The molecule has 1 aromatic carbocycles. The van der Waals surface area contributed by atoms with Gasteiger partial charge < -0.3 is 15.2 Å². The molecule has 1 fully saturated rings. The minimum absolute atomic E-state index is 0.0114. The highest BCUT2D eigenvalue weighted by molar-refractivity contribution is 5.94. The Morgan fingerprint density at radius 3 is 2.92 bits per heavy atom. The van der Waals surface area contributed by atoms with Gasteiger partial charge in [-0.1, -0.05) is 32.1 Å². The third-order valence-corrected chi connectivity index (χ3v) is 4.32. The van der Waals surface area contributed by atoms with Crippen LogP contribution in [0.3, 0.4) is 0 Å². The molecule has 0 aromatic heterocycles. The first-order valence-corrected chi connectivity index (χ1v) is 8.62. The molecule has 2 rings (SSSR count). The molecule has 136 valence electrons. The van der Waals surface area contributed by atoms with Crippen molar-refractivity contribution in [3.8, 4) is 5.75 Å². The zero-order valence-electron chi connectivity index (χ0n) is 14.6. The summed E-state index contributed by atoms with van der Waals surface area (Å²) in [7, 11) is 0. The molecule has 6 nitrogen and oxygen atoms in total. The lowest BCUT2D eigenvalue weighted by Crippen LogP contribution is -2.40. The summed E-state index contributed by atoms with van der Waals surface area (Å²) in [6, 6.07) is 6.99. The normalized spacial score (nSPS) is 20.2. The van der Waals surface area contributed by atoms with Crippen LogP contribution in [0.4, 0.5) is 0 Å². The Balaban J connectivity index is 2.02. The van der Waals surface area contributed by atoms with Gasteiger partial charge in [0.05, 0.1) is 6.54 Å². The number of aliphatic carboxylic acids is 1. The summed E-state index contributed by atoms with van der Waals surface area (Å²) in [5.41, 5.74) is 0.536. The quantitative estimate of drug-likeness (QED) is 0.670. The van der Waals surface area contributed by atoms with Crippen molar-refractivity contribution in [1.82, 2.24) is 10.2 Å². The number of nitrogens with zero attached hydrogens (tertiary/aromatic N) is 1. The van der Waals surface area contributed by atoms with Gasteiger partial charge in [0.15, 0.2) is 0 Å². The first-order chi connectivity index (χ1) is 12.0. The fourth-order valence-corrected chi connectivity index (χ4v) is 3.24. The van der Waals surface area contributed by atoms with Gasteiger partial charge >= 0.3 is 5.97 Å². The van der Waals surface area contributed by atoms with E-state index in [1.807, 2.05) is 4.90 Å². The number of hydrogen-bond donors (Lipinski definition) is 2. The van der Waals surface area contributed by atoms with Gasteiger partial charge in [0.1, 0.15) is 12.4 Å². The topological polar surface area (TPSA) is 78.9 Å². The van der Waals surface area contributed by atoms with Crippen molar-refractivity contribution in [2.24, 2.45) is 5.92 Å². The smallest absolute Gasteiger partial charge is 0.317 e. The number of benzene rings is 1. The molecule has 1 amide bonds. The number of carboxylic acids is 1. The van der Waals surface area contributed by atoms with Crippen LogP contribution in [0.1, 0.15) is 30.1 Å². The first kappa shape index (κ1) is 19.0. The molecule has 1 aliphatic rings. The standard InChI is InChI=1S/C19H26N2O4/c1-3-6-15-11-21(13-18(22)23)12-17(15)20-19(24)14-7-5-8-16(10-14)25-9-4-2/h4-5,7-8,10,15,17H,2-3,6,9,11-13H2,1H3,(H,20,24)(H,22,23)/t15-,17-/m0/s1. The lowest BCUT2D eigenvalue weighted by atomic mass is 9.98. The number of ether oxygens (including phenoxy) is 1. The van der Waals surface area contributed by atoms with Crippen molar-refractivity contribution >= 4 is 11.9 Å². The van der Waals surface area contributed by atoms with Crippen LogP contribution in [0, 0.1) is 5.92 Å². The summed E-state index contributed by atoms with van der Waals surface area (Å²) in [5.74, 6) is -0.105. The highest BCUT2D eigenvalue weighted by Gasteiger charge is 2.34. The van der Waals surface area contributed by atoms with E-state index in [0.717, 1.165) is 12.8 Å². The number of rotatable bonds is 9. The van der Waals surface area contributed by atoms with Crippen molar-refractivity contribution in [3.63, 3.8) is 0 Å². The maximum atomic E-state index is 12.6. The number of carboxylic acid groups (broad SMARTS) is 1. The lowest BCUT2D eigenvalue weighted by molar-refractivity contribution is -0.138. The third-order valence-electron chi connectivity index (χ3n) is 4.32. The maximum Gasteiger partial charge on any atom is 0.317 e. The van der Waals surface area contributed by atoms with Gasteiger partial charge in [-0.15, -0.1) is 0 Å². The maximum absolute atomic E-state index is 12.6. The molecule has 0 spiro atoms. The summed E-state index contributed by atoms with van der Waals surface area (Å²) >= 11 is 0. The average Bonchev–Trinajstić information content (AvgIpc) is 2.94. The van der Waals surface area contributed by atoms with Gasteiger partial charge in [0, 0.05) is 24.7 Å². The van der Waals surface area contributed by atoms with Crippen molar-refractivity contribution in [1.29, 1.82) is 0 Å². The van der Waals surface area contributed by atoms with Crippen molar-refractivity contribution in [2.45, 2.75) is 25.8 Å². The summed E-state index contributed by atoms with van der Waals surface area (Å²) < 4.78 is 5.46. The minimum Gasteiger partial charge on any atom is -0.490 e. The van der Waals surface area contributed by atoms with Gasteiger partial charge in [0.25, 0.3) is 5.91 Å². The van der Waals surface area contributed by atoms with Crippen molar-refractivity contribution in [3.05, 3.63) is 42.5 Å². The van der Waals surface area contributed by atoms with E-state index in [2.05, 4.69) is 18.8 Å². The monoisotopic (exact) mass is 346 g/mol. The van der Waals surface area contributed by atoms with E-state index in [-0.39, 0.29) is 24.4 Å². The Hall–Kier alpha value is -2.34. The van der Waals surface area contributed by atoms with Crippen molar-refractivity contribution < 1.29 is 19.4 Å². The number of amides is 1. The Morgan fingerprint density at radius 2 is 2.24 bits per heavy atom. The van der Waals surface area contributed by atoms with Crippen LogP contribution in [-0.4, -0.2) is 54.2 Å². The van der Waals surface area contributed by atoms with Crippen LogP contribution in [0.25, 0.3) is 0 Å².